The van der Waals surface area contributed by atoms with Crippen molar-refractivity contribution >= 4 is 10.9 Å². The van der Waals surface area contributed by atoms with E-state index in [4.69, 9.17) is 0 Å². The molecular formula is C13H14FNO. The summed E-state index contributed by atoms with van der Waals surface area (Å²) in [7, 11) is 0. The first-order valence-electron chi connectivity index (χ1n) is 5.18. The Hall–Kier alpha value is -1.64. The molecule has 1 heterocycles. The van der Waals surface area contributed by atoms with Crippen LogP contribution in [0.15, 0.2) is 24.4 Å². The molecule has 0 saturated carbocycles. The maximum Gasteiger partial charge on any atom is 0.145 e. The molecule has 3 heteroatoms. The predicted octanol–water partition coefficient (Wildman–Crippen LogP) is 3.38. The summed E-state index contributed by atoms with van der Waals surface area (Å²) >= 11 is 0. The monoisotopic (exact) mass is 219 g/mol. The SMILES string of the molecule is CC(C)(C)c1c(F)cnc2c(O)cccc12. The summed E-state index contributed by atoms with van der Waals surface area (Å²) in [5.41, 5.74) is 0.723. The molecule has 2 rings (SSSR count). The van der Waals surface area contributed by atoms with Gasteiger partial charge in [-0.05, 0) is 11.5 Å². The number of pyridine rings is 1. The van der Waals surface area contributed by atoms with Crippen LogP contribution in [0.2, 0.25) is 0 Å². The van der Waals surface area contributed by atoms with Gasteiger partial charge in [0.2, 0.25) is 0 Å². The van der Waals surface area contributed by atoms with Crippen LogP contribution in [-0.4, -0.2) is 10.1 Å². The number of phenolic OH excluding ortho intramolecular Hbond substituents is 1. The van der Waals surface area contributed by atoms with Crippen molar-refractivity contribution in [2.24, 2.45) is 0 Å². The number of nitrogens with zero attached hydrogens (tertiary/aromatic N) is 1. The van der Waals surface area contributed by atoms with Crippen molar-refractivity contribution in [3.63, 3.8) is 0 Å². The summed E-state index contributed by atoms with van der Waals surface area (Å²) in [5, 5.41) is 10.3. The van der Waals surface area contributed by atoms with Crippen molar-refractivity contribution in [1.29, 1.82) is 0 Å². The maximum atomic E-state index is 13.8. The van der Waals surface area contributed by atoms with Crippen LogP contribution in [-0.2, 0) is 5.41 Å². The number of hydrogen-bond donors (Lipinski definition) is 1. The lowest BCUT2D eigenvalue weighted by Gasteiger charge is -2.21. The molecule has 0 aliphatic rings. The molecule has 1 aromatic carbocycles. The topological polar surface area (TPSA) is 33.1 Å². The fourth-order valence-corrected chi connectivity index (χ4v) is 1.95. The van der Waals surface area contributed by atoms with Crippen molar-refractivity contribution in [3.05, 3.63) is 35.8 Å². The molecule has 0 atom stereocenters. The molecule has 0 fully saturated rings. The highest BCUT2D eigenvalue weighted by Crippen LogP contribution is 2.33. The quantitative estimate of drug-likeness (QED) is 0.736. The lowest BCUT2D eigenvalue weighted by molar-refractivity contribution is 0.479. The van der Waals surface area contributed by atoms with Crippen LogP contribution in [0.25, 0.3) is 10.9 Å². The van der Waals surface area contributed by atoms with Crippen LogP contribution in [0.5, 0.6) is 5.75 Å². The van der Waals surface area contributed by atoms with Crippen molar-refractivity contribution in [3.8, 4) is 5.75 Å². The maximum absolute atomic E-state index is 13.8. The minimum Gasteiger partial charge on any atom is -0.506 e. The minimum absolute atomic E-state index is 0.0861. The average Bonchev–Trinajstić information content (AvgIpc) is 2.15. The molecule has 0 bridgehead atoms. The number of hydrogen-bond acceptors (Lipinski definition) is 2. The number of para-hydroxylation sites is 1. The number of fused-ring (bicyclic) bond motifs is 1. The van der Waals surface area contributed by atoms with Crippen LogP contribution in [0.1, 0.15) is 26.3 Å². The number of benzene rings is 1. The summed E-state index contributed by atoms with van der Waals surface area (Å²) in [6.45, 7) is 5.82. The van der Waals surface area contributed by atoms with Gasteiger partial charge in [-0.2, -0.15) is 0 Å². The first kappa shape index (κ1) is 10.9. The summed E-state index contributed by atoms with van der Waals surface area (Å²) in [4.78, 5) is 3.93. The highest BCUT2D eigenvalue weighted by Gasteiger charge is 2.22. The molecule has 1 N–H and O–H groups in total. The molecule has 84 valence electrons. The Morgan fingerprint density at radius 1 is 1.25 bits per heavy atom. The molecule has 0 radical (unpaired) electrons. The Morgan fingerprint density at radius 3 is 2.56 bits per heavy atom. The van der Waals surface area contributed by atoms with Gasteiger partial charge < -0.3 is 5.11 Å². The van der Waals surface area contributed by atoms with Crippen molar-refractivity contribution < 1.29 is 9.50 Å². The van der Waals surface area contributed by atoms with E-state index < -0.39 is 0 Å². The molecule has 2 nitrogen and oxygen atoms in total. The summed E-state index contributed by atoms with van der Waals surface area (Å²) in [6, 6.07) is 5.04. The Bertz CT molecular complexity index is 543. The normalized spacial score (nSPS) is 12.0. The second kappa shape index (κ2) is 3.44. The van der Waals surface area contributed by atoms with Crippen LogP contribution < -0.4 is 0 Å². The van der Waals surface area contributed by atoms with Gasteiger partial charge in [0.25, 0.3) is 0 Å². The van der Waals surface area contributed by atoms with E-state index in [1.165, 1.54) is 6.20 Å². The molecule has 0 saturated heterocycles. The third kappa shape index (κ3) is 1.62. The molecule has 0 aliphatic carbocycles. The number of rotatable bonds is 0. The second-order valence-electron chi connectivity index (χ2n) is 4.90. The number of aromatic nitrogens is 1. The first-order chi connectivity index (χ1) is 7.41. The molecular weight excluding hydrogens is 205 g/mol. The van der Waals surface area contributed by atoms with Gasteiger partial charge in [-0.3, -0.25) is 0 Å². The van der Waals surface area contributed by atoms with Gasteiger partial charge in [-0.1, -0.05) is 32.9 Å². The Balaban J connectivity index is 2.91. The Kier molecular flexibility index (Phi) is 2.34. The number of aromatic hydroxyl groups is 1. The van der Waals surface area contributed by atoms with Gasteiger partial charge in [-0.25, -0.2) is 9.37 Å². The molecule has 16 heavy (non-hydrogen) atoms. The number of phenols is 1. The van der Waals surface area contributed by atoms with Gasteiger partial charge >= 0.3 is 0 Å². The fourth-order valence-electron chi connectivity index (χ4n) is 1.95. The smallest absolute Gasteiger partial charge is 0.145 e. The molecule has 0 unspecified atom stereocenters. The van der Waals surface area contributed by atoms with Gasteiger partial charge in [0.05, 0.1) is 6.20 Å². The van der Waals surface area contributed by atoms with E-state index in [1.807, 2.05) is 20.8 Å². The van der Waals surface area contributed by atoms with E-state index in [0.717, 1.165) is 0 Å². The molecule has 0 aliphatic heterocycles. The van der Waals surface area contributed by atoms with Gasteiger partial charge in [-0.15, -0.1) is 0 Å². The zero-order chi connectivity index (χ0) is 11.9. The van der Waals surface area contributed by atoms with Crippen LogP contribution in [0, 0.1) is 5.82 Å². The Labute approximate surface area is 93.8 Å². The van der Waals surface area contributed by atoms with E-state index in [-0.39, 0.29) is 17.0 Å². The summed E-state index contributed by atoms with van der Waals surface area (Å²) in [6.07, 6.45) is 1.17. The van der Waals surface area contributed by atoms with Crippen molar-refractivity contribution in [1.82, 2.24) is 4.98 Å². The van der Waals surface area contributed by atoms with Gasteiger partial charge in [0, 0.05) is 10.9 Å². The largest absolute Gasteiger partial charge is 0.506 e. The van der Waals surface area contributed by atoms with Crippen LogP contribution in [0.4, 0.5) is 4.39 Å². The van der Waals surface area contributed by atoms with Crippen molar-refractivity contribution in [2.75, 3.05) is 0 Å². The average molecular weight is 219 g/mol. The Morgan fingerprint density at radius 2 is 1.94 bits per heavy atom. The van der Waals surface area contributed by atoms with E-state index in [0.29, 0.717) is 16.5 Å². The second-order valence-corrected chi connectivity index (χ2v) is 4.90. The minimum atomic E-state index is -0.328. The van der Waals surface area contributed by atoms with Gasteiger partial charge in [0.15, 0.2) is 0 Å². The number of halogens is 1. The third-order valence-electron chi connectivity index (χ3n) is 2.58. The zero-order valence-electron chi connectivity index (χ0n) is 9.58. The van der Waals surface area contributed by atoms with E-state index in [2.05, 4.69) is 4.98 Å². The predicted molar refractivity (Wildman–Crippen MR) is 62.1 cm³/mol. The zero-order valence-corrected chi connectivity index (χ0v) is 9.58. The van der Waals surface area contributed by atoms with Crippen molar-refractivity contribution in [2.45, 2.75) is 26.2 Å². The highest BCUT2D eigenvalue weighted by molar-refractivity contribution is 5.87. The molecule has 0 amide bonds. The lowest BCUT2D eigenvalue weighted by atomic mass is 9.84. The standard InChI is InChI=1S/C13H14FNO/c1-13(2,3)11-8-5-4-6-10(16)12(8)15-7-9(11)14/h4-7,16H,1-3H3. The lowest BCUT2D eigenvalue weighted by Crippen LogP contribution is -2.14. The highest BCUT2D eigenvalue weighted by atomic mass is 19.1. The summed E-state index contributed by atoms with van der Waals surface area (Å²) in [5.74, 6) is -0.242. The van der Waals surface area contributed by atoms with Gasteiger partial charge in [0.1, 0.15) is 17.1 Å². The van der Waals surface area contributed by atoms with E-state index in [9.17, 15) is 9.50 Å². The van der Waals surface area contributed by atoms with E-state index >= 15 is 0 Å². The first-order valence-corrected chi connectivity index (χ1v) is 5.18. The third-order valence-corrected chi connectivity index (χ3v) is 2.58. The van der Waals surface area contributed by atoms with Crippen LogP contribution >= 0.6 is 0 Å². The van der Waals surface area contributed by atoms with Crippen LogP contribution in [0.3, 0.4) is 0 Å². The molecule has 1 aromatic heterocycles. The molecule has 2 aromatic rings. The summed E-state index contributed by atoms with van der Waals surface area (Å²) < 4.78 is 13.8. The fraction of sp³-hybridized carbons (Fsp3) is 0.308. The molecule has 0 spiro atoms. The van der Waals surface area contributed by atoms with E-state index in [1.54, 1.807) is 18.2 Å².